The van der Waals surface area contributed by atoms with Gasteiger partial charge < -0.3 is 15.1 Å². The second kappa shape index (κ2) is 9.54. The average molecular weight is 392 g/mol. The third-order valence-corrected chi connectivity index (χ3v) is 5.68. The van der Waals surface area contributed by atoms with Gasteiger partial charge in [0.25, 0.3) is 5.91 Å². The Morgan fingerprint density at radius 2 is 1.86 bits per heavy atom. The Hall–Kier alpha value is -2.89. The minimum atomic E-state index is -0.0156. The summed E-state index contributed by atoms with van der Waals surface area (Å²) in [5.41, 5.74) is 3.20. The van der Waals surface area contributed by atoms with Crippen LogP contribution in [0.5, 0.6) is 0 Å². The molecular weight excluding hydrogens is 362 g/mol. The molecule has 6 nitrogen and oxygen atoms in total. The Bertz CT molecular complexity index is 843. The number of amides is 1. The first-order valence-electron chi connectivity index (χ1n) is 10.6. The van der Waals surface area contributed by atoms with Gasteiger partial charge in [0.1, 0.15) is 5.69 Å². The summed E-state index contributed by atoms with van der Waals surface area (Å²) in [6.07, 6.45) is 10.1. The van der Waals surface area contributed by atoms with Crippen LogP contribution in [0, 0.1) is 0 Å². The molecule has 1 saturated heterocycles. The number of nitrogens with one attached hydrogen (secondary N) is 1. The van der Waals surface area contributed by atoms with Gasteiger partial charge in [-0.05, 0) is 50.3 Å². The van der Waals surface area contributed by atoms with Crippen LogP contribution in [-0.2, 0) is 0 Å². The van der Waals surface area contributed by atoms with Gasteiger partial charge in [-0.1, -0.05) is 29.8 Å². The highest BCUT2D eigenvalue weighted by Crippen LogP contribution is 2.20. The predicted octanol–water partition coefficient (Wildman–Crippen LogP) is 3.74. The van der Waals surface area contributed by atoms with E-state index >= 15 is 0 Å². The lowest BCUT2D eigenvalue weighted by molar-refractivity contribution is 0.0741. The number of anilines is 2. The van der Waals surface area contributed by atoms with Crippen molar-refractivity contribution in [2.75, 3.05) is 42.9 Å². The van der Waals surface area contributed by atoms with Crippen LogP contribution in [0.3, 0.4) is 0 Å². The fraction of sp³-hybridized carbons (Fsp3) is 0.435. The summed E-state index contributed by atoms with van der Waals surface area (Å²) in [6, 6.07) is 12.1. The number of hydrogen-bond acceptors (Lipinski definition) is 5. The lowest BCUT2D eigenvalue weighted by atomic mass is 9.97. The average Bonchev–Trinajstić information content (AvgIpc) is 2.80. The molecule has 29 heavy (non-hydrogen) atoms. The standard InChI is InChI=1S/C23H29N5O/c29-22(28-17-15-27(16-18-28)20-9-5-2-6-10-20)21-12-14-25-23(26-21)24-13-11-19-7-3-1-4-8-19/h2,5-7,9-10,12,14H,1,3-4,8,11,13,15-18H2,(H,24,25,26). The molecule has 0 bridgehead atoms. The molecule has 2 aliphatic rings. The molecule has 0 spiro atoms. The van der Waals surface area contributed by atoms with Gasteiger partial charge >= 0.3 is 0 Å². The fourth-order valence-corrected chi connectivity index (χ4v) is 4.00. The molecule has 1 aromatic carbocycles. The van der Waals surface area contributed by atoms with Crippen molar-refractivity contribution in [2.24, 2.45) is 0 Å². The molecule has 1 fully saturated rings. The van der Waals surface area contributed by atoms with E-state index < -0.39 is 0 Å². The zero-order valence-electron chi connectivity index (χ0n) is 16.9. The molecule has 152 valence electrons. The molecular formula is C23H29N5O. The third kappa shape index (κ3) is 5.13. The van der Waals surface area contributed by atoms with Gasteiger partial charge in [-0.25, -0.2) is 9.97 Å². The van der Waals surface area contributed by atoms with E-state index in [9.17, 15) is 4.79 Å². The third-order valence-electron chi connectivity index (χ3n) is 5.68. The number of allylic oxidation sites excluding steroid dienone is 1. The Morgan fingerprint density at radius 1 is 1.03 bits per heavy atom. The molecule has 2 heterocycles. The summed E-state index contributed by atoms with van der Waals surface area (Å²) in [5.74, 6) is 0.522. The summed E-state index contributed by atoms with van der Waals surface area (Å²) in [7, 11) is 0. The van der Waals surface area contributed by atoms with Gasteiger partial charge in [-0.3, -0.25) is 4.79 Å². The van der Waals surface area contributed by atoms with Crippen LogP contribution in [0.4, 0.5) is 11.6 Å². The maximum absolute atomic E-state index is 12.9. The first kappa shape index (κ1) is 19.4. The van der Waals surface area contributed by atoms with Gasteiger partial charge in [-0.2, -0.15) is 0 Å². The van der Waals surface area contributed by atoms with E-state index in [0.29, 0.717) is 24.7 Å². The van der Waals surface area contributed by atoms with Gasteiger partial charge in [0.05, 0.1) is 0 Å². The van der Waals surface area contributed by atoms with Crippen molar-refractivity contribution in [3.05, 3.63) is 59.9 Å². The van der Waals surface area contributed by atoms with Crippen LogP contribution >= 0.6 is 0 Å². The number of piperazine rings is 1. The zero-order chi connectivity index (χ0) is 19.9. The molecule has 0 atom stereocenters. The van der Waals surface area contributed by atoms with Gasteiger partial charge in [0.15, 0.2) is 0 Å². The molecule has 4 rings (SSSR count). The number of hydrogen-bond donors (Lipinski definition) is 1. The maximum atomic E-state index is 12.9. The van der Waals surface area contributed by atoms with E-state index in [1.165, 1.54) is 36.9 Å². The lowest BCUT2D eigenvalue weighted by Crippen LogP contribution is -2.49. The van der Waals surface area contributed by atoms with Crippen LogP contribution in [0.2, 0.25) is 0 Å². The Labute approximate surface area is 172 Å². The van der Waals surface area contributed by atoms with Crippen molar-refractivity contribution in [1.29, 1.82) is 0 Å². The lowest BCUT2D eigenvalue weighted by Gasteiger charge is -2.36. The molecule has 1 aliphatic carbocycles. The predicted molar refractivity (Wildman–Crippen MR) is 116 cm³/mol. The molecule has 6 heteroatoms. The normalized spacial score (nSPS) is 17.0. The SMILES string of the molecule is O=C(c1ccnc(NCCC2=CCCCC2)n1)N1CCN(c2ccccc2)CC1. The molecule has 2 aromatic rings. The minimum absolute atomic E-state index is 0.0156. The number of para-hydroxylation sites is 1. The van der Waals surface area contributed by atoms with E-state index in [4.69, 9.17) is 0 Å². The van der Waals surface area contributed by atoms with E-state index in [0.717, 1.165) is 26.1 Å². The highest BCUT2D eigenvalue weighted by Gasteiger charge is 2.23. The summed E-state index contributed by atoms with van der Waals surface area (Å²) >= 11 is 0. The van der Waals surface area contributed by atoms with E-state index in [1.54, 1.807) is 12.3 Å². The summed E-state index contributed by atoms with van der Waals surface area (Å²) < 4.78 is 0. The quantitative estimate of drug-likeness (QED) is 0.760. The zero-order valence-corrected chi connectivity index (χ0v) is 16.9. The number of carbonyl (C=O) groups is 1. The monoisotopic (exact) mass is 391 g/mol. The summed E-state index contributed by atoms with van der Waals surface area (Å²) in [6.45, 7) is 3.88. The van der Waals surface area contributed by atoms with Crippen LogP contribution in [0.25, 0.3) is 0 Å². The minimum Gasteiger partial charge on any atom is -0.368 e. The van der Waals surface area contributed by atoms with Gasteiger partial charge in [-0.15, -0.1) is 0 Å². The van der Waals surface area contributed by atoms with Gasteiger partial charge in [0, 0.05) is 44.6 Å². The van der Waals surface area contributed by atoms with E-state index in [1.807, 2.05) is 23.1 Å². The smallest absolute Gasteiger partial charge is 0.272 e. The molecule has 0 unspecified atom stereocenters. The molecule has 1 aliphatic heterocycles. The van der Waals surface area contributed by atoms with E-state index in [2.05, 4.69) is 38.4 Å². The highest BCUT2D eigenvalue weighted by molar-refractivity contribution is 5.92. The Morgan fingerprint density at radius 3 is 2.62 bits per heavy atom. The molecule has 1 aromatic heterocycles. The number of rotatable bonds is 6. The van der Waals surface area contributed by atoms with Crippen LogP contribution in [0.1, 0.15) is 42.6 Å². The second-order valence-electron chi connectivity index (χ2n) is 7.67. The van der Waals surface area contributed by atoms with Crippen molar-refractivity contribution in [1.82, 2.24) is 14.9 Å². The highest BCUT2D eigenvalue weighted by atomic mass is 16.2. The van der Waals surface area contributed by atoms with Crippen LogP contribution < -0.4 is 10.2 Å². The number of nitrogens with zero attached hydrogens (tertiary/aromatic N) is 4. The first-order chi connectivity index (χ1) is 14.3. The van der Waals surface area contributed by atoms with E-state index in [-0.39, 0.29) is 5.91 Å². The van der Waals surface area contributed by atoms with Crippen molar-refractivity contribution in [3.8, 4) is 0 Å². The summed E-state index contributed by atoms with van der Waals surface area (Å²) in [4.78, 5) is 25.8. The number of benzene rings is 1. The summed E-state index contributed by atoms with van der Waals surface area (Å²) in [5, 5.41) is 3.28. The maximum Gasteiger partial charge on any atom is 0.272 e. The Kier molecular flexibility index (Phi) is 6.39. The van der Waals surface area contributed by atoms with Crippen molar-refractivity contribution < 1.29 is 4.79 Å². The second-order valence-corrected chi connectivity index (χ2v) is 7.67. The van der Waals surface area contributed by atoms with Crippen molar-refractivity contribution in [2.45, 2.75) is 32.1 Å². The molecule has 1 amide bonds. The Balaban J connectivity index is 1.30. The van der Waals surface area contributed by atoms with Crippen molar-refractivity contribution in [3.63, 3.8) is 0 Å². The van der Waals surface area contributed by atoms with Gasteiger partial charge in [0.2, 0.25) is 5.95 Å². The number of carbonyl (C=O) groups excluding carboxylic acids is 1. The molecule has 0 radical (unpaired) electrons. The fourth-order valence-electron chi connectivity index (χ4n) is 4.00. The first-order valence-corrected chi connectivity index (χ1v) is 10.6. The number of aromatic nitrogens is 2. The molecule has 1 N–H and O–H groups in total. The van der Waals surface area contributed by atoms with Crippen molar-refractivity contribution >= 4 is 17.5 Å². The van der Waals surface area contributed by atoms with Crippen LogP contribution in [0.15, 0.2) is 54.2 Å². The molecule has 0 saturated carbocycles. The topological polar surface area (TPSA) is 61.4 Å². The largest absolute Gasteiger partial charge is 0.368 e. The van der Waals surface area contributed by atoms with Crippen LogP contribution in [-0.4, -0.2) is 53.5 Å².